The van der Waals surface area contributed by atoms with Crippen molar-refractivity contribution in [1.29, 1.82) is 0 Å². The van der Waals surface area contributed by atoms with Gasteiger partial charge in [-0.05, 0) is 24.3 Å². The molecule has 2 heteroatoms. The molecule has 0 bridgehead atoms. The number of benzene rings is 2. The van der Waals surface area contributed by atoms with Gasteiger partial charge in [-0.2, -0.15) is 0 Å². The second kappa shape index (κ2) is 5.86. The first-order valence-electron chi connectivity index (χ1n) is 4.23. The first-order valence-corrected chi connectivity index (χ1v) is 4.23. The minimum atomic E-state index is 0. The van der Waals surface area contributed by atoms with E-state index in [1.165, 1.54) is 0 Å². The van der Waals surface area contributed by atoms with Gasteiger partial charge in [0.15, 0.2) is 0 Å². The largest absolute Gasteiger partial charge is 0.457 e. The molecule has 0 aliphatic heterocycles. The molecule has 2 aromatic carbocycles. The van der Waals surface area contributed by atoms with Crippen molar-refractivity contribution in [2.24, 2.45) is 0 Å². The van der Waals surface area contributed by atoms with E-state index in [4.69, 9.17) is 4.74 Å². The molecule has 0 aromatic heterocycles. The van der Waals surface area contributed by atoms with Crippen molar-refractivity contribution in [3.8, 4) is 11.5 Å². The minimum absolute atomic E-state index is 0. The van der Waals surface area contributed by atoms with E-state index in [-0.39, 0.29) is 29.6 Å². The number of para-hydroxylation sites is 2. The summed E-state index contributed by atoms with van der Waals surface area (Å²) in [4.78, 5) is 0. The Hall–Kier alpha value is -0.760. The molecule has 0 saturated carbocycles. The molecule has 0 unspecified atom stereocenters. The first-order chi connectivity index (χ1) is 6.45. The third-order valence-electron chi connectivity index (χ3n) is 1.72. The third-order valence-corrected chi connectivity index (χ3v) is 1.72. The fraction of sp³-hybridized carbons (Fsp3) is 0. The van der Waals surface area contributed by atoms with Crippen LogP contribution in [-0.2, 0) is 0 Å². The molecule has 0 atom stereocenters. The summed E-state index contributed by atoms with van der Waals surface area (Å²) in [6, 6.07) is 19.5. The standard InChI is InChI=1S/C12H10O.Na.H/c1-3-7-11(8-4-1)13-12-9-5-2-6-10-12;;/h1-10H;;. The van der Waals surface area contributed by atoms with Crippen LogP contribution in [0.4, 0.5) is 0 Å². The average molecular weight is 194 g/mol. The van der Waals surface area contributed by atoms with Gasteiger partial charge in [0.2, 0.25) is 0 Å². The molecule has 0 spiro atoms. The second-order valence-electron chi connectivity index (χ2n) is 2.73. The fourth-order valence-corrected chi connectivity index (χ4v) is 1.11. The third kappa shape index (κ3) is 3.18. The van der Waals surface area contributed by atoms with Gasteiger partial charge >= 0.3 is 29.6 Å². The summed E-state index contributed by atoms with van der Waals surface area (Å²) >= 11 is 0. The zero-order valence-electron chi connectivity index (χ0n) is 7.18. The van der Waals surface area contributed by atoms with E-state index in [2.05, 4.69) is 0 Å². The second-order valence-corrected chi connectivity index (χ2v) is 2.73. The maximum Gasteiger partial charge on any atom is 0.127 e. The quantitative estimate of drug-likeness (QED) is 0.668. The van der Waals surface area contributed by atoms with Crippen molar-refractivity contribution in [2.45, 2.75) is 0 Å². The molecular weight excluding hydrogens is 183 g/mol. The van der Waals surface area contributed by atoms with Crippen molar-refractivity contribution in [3.05, 3.63) is 60.7 Å². The summed E-state index contributed by atoms with van der Waals surface area (Å²) < 4.78 is 5.58. The Morgan fingerprint density at radius 3 is 1.29 bits per heavy atom. The van der Waals surface area contributed by atoms with Gasteiger partial charge < -0.3 is 4.74 Å². The maximum atomic E-state index is 5.58. The first kappa shape index (κ1) is 11.3. The molecule has 0 aliphatic rings. The minimum Gasteiger partial charge on any atom is -0.457 e. The number of rotatable bonds is 2. The normalized spacial score (nSPS) is 8.86. The van der Waals surface area contributed by atoms with Crippen LogP contribution < -0.4 is 4.74 Å². The van der Waals surface area contributed by atoms with Gasteiger partial charge in [-0.15, -0.1) is 0 Å². The van der Waals surface area contributed by atoms with E-state index >= 15 is 0 Å². The Labute approximate surface area is 106 Å². The van der Waals surface area contributed by atoms with Crippen molar-refractivity contribution in [3.63, 3.8) is 0 Å². The van der Waals surface area contributed by atoms with Crippen LogP contribution in [0, 0.1) is 0 Å². The Kier molecular flexibility index (Phi) is 4.74. The Morgan fingerprint density at radius 1 is 0.571 bits per heavy atom. The zero-order valence-corrected chi connectivity index (χ0v) is 7.18. The van der Waals surface area contributed by atoms with Crippen LogP contribution in [0.5, 0.6) is 11.5 Å². The van der Waals surface area contributed by atoms with E-state index in [0.29, 0.717) is 0 Å². The summed E-state index contributed by atoms with van der Waals surface area (Å²) in [5.41, 5.74) is 0. The van der Waals surface area contributed by atoms with Gasteiger partial charge in [0.05, 0.1) is 0 Å². The van der Waals surface area contributed by atoms with Crippen LogP contribution in [0.25, 0.3) is 0 Å². The monoisotopic (exact) mass is 194 g/mol. The zero-order chi connectivity index (χ0) is 8.93. The molecule has 0 radical (unpaired) electrons. The van der Waals surface area contributed by atoms with Crippen molar-refractivity contribution in [2.75, 3.05) is 0 Å². The number of hydrogen-bond acceptors (Lipinski definition) is 1. The van der Waals surface area contributed by atoms with Gasteiger partial charge in [0, 0.05) is 0 Å². The van der Waals surface area contributed by atoms with E-state index < -0.39 is 0 Å². The number of ether oxygens (including phenoxy) is 1. The fourth-order valence-electron chi connectivity index (χ4n) is 1.11. The molecule has 2 aromatic rings. The Morgan fingerprint density at radius 2 is 0.929 bits per heavy atom. The molecule has 0 saturated heterocycles. The van der Waals surface area contributed by atoms with Crippen molar-refractivity contribution in [1.82, 2.24) is 0 Å². The molecule has 0 N–H and O–H groups in total. The Bertz CT molecular complexity index is 321. The van der Waals surface area contributed by atoms with Crippen molar-refractivity contribution >= 4 is 29.6 Å². The topological polar surface area (TPSA) is 9.23 Å². The molecule has 0 amide bonds. The SMILES string of the molecule is [NaH].c1ccc(Oc2ccccc2)cc1. The van der Waals surface area contributed by atoms with Gasteiger partial charge in [-0.25, -0.2) is 0 Å². The summed E-state index contributed by atoms with van der Waals surface area (Å²) in [6.45, 7) is 0. The predicted molar refractivity (Wildman–Crippen MR) is 60.1 cm³/mol. The van der Waals surface area contributed by atoms with Crippen LogP contribution in [0.2, 0.25) is 0 Å². The van der Waals surface area contributed by atoms with Gasteiger partial charge in [0.1, 0.15) is 11.5 Å². The smallest absolute Gasteiger partial charge is 0.127 e. The summed E-state index contributed by atoms with van der Waals surface area (Å²) in [7, 11) is 0. The van der Waals surface area contributed by atoms with E-state index in [1.807, 2.05) is 60.7 Å². The van der Waals surface area contributed by atoms with Crippen LogP contribution in [0.1, 0.15) is 0 Å². The van der Waals surface area contributed by atoms with Gasteiger partial charge in [-0.1, -0.05) is 36.4 Å². The van der Waals surface area contributed by atoms with Crippen LogP contribution in [0.3, 0.4) is 0 Å². The molecule has 0 aliphatic carbocycles. The molecule has 1 nitrogen and oxygen atoms in total. The van der Waals surface area contributed by atoms with Gasteiger partial charge in [-0.3, -0.25) is 0 Å². The molecule has 2 rings (SSSR count). The predicted octanol–water partition coefficient (Wildman–Crippen LogP) is 2.83. The summed E-state index contributed by atoms with van der Waals surface area (Å²) in [5, 5.41) is 0. The molecular formula is C12H11NaO. The van der Waals surface area contributed by atoms with Crippen LogP contribution in [0.15, 0.2) is 60.7 Å². The number of hydrogen-bond donors (Lipinski definition) is 0. The Balaban J connectivity index is 0.000000980. The summed E-state index contributed by atoms with van der Waals surface area (Å²) in [6.07, 6.45) is 0. The van der Waals surface area contributed by atoms with Gasteiger partial charge in [0.25, 0.3) is 0 Å². The molecule has 0 fully saturated rings. The molecule has 66 valence electrons. The molecule has 14 heavy (non-hydrogen) atoms. The summed E-state index contributed by atoms with van der Waals surface area (Å²) in [5.74, 6) is 1.74. The van der Waals surface area contributed by atoms with E-state index in [9.17, 15) is 0 Å². The van der Waals surface area contributed by atoms with E-state index in [0.717, 1.165) is 11.5 Å². The molecule has 0 heterocycles. The average Bonchev–Trinajstić information content (AvgIpc) is 2.21. The van der Waals surface area contributed by atoms with Crippen molar-refractivity contribution < 1.29 is 4.74 Å². The van der Waals surface area contributed by atoms with Crippen LogP contribution in [-0.4, -0.2) is 29.6 Å². The van der Waals surface area contributed by atoms with E-state index in [1.54, 1.807) is 0 Å². The van der Waals surface area contributed by atoms with Crippen LogP contribution >= 0.6 is 0 Å². The maximum absolute atomic E-state index is 5.58.